The first-order chi connectivity index (χ1) is 7.13. The minimum Gasteiger partial charge on any atom is -0.409 e. The zero-order valence-corrected chi connectivity index (χ0v) is 8.27. The van der Waals surface area contributed by atoms with Gasteiger partial charge >= 0.3 is 0 Å². The van der Waals surface area contributed by atoms with Crippen LogP contribution in [0.25, 0.3) is 0 Å². The summed E-state index contributed by atoms with van der Waals surface area (Å²) in [6, 6.07) is 0. The van der Waals surface area contributed by atoms with Crippen LogP contribution in [0.4, 0.5) is 0 Å². The molecule has 0 bridgehead atoms. The van der Waals surface area contributed by atoms with Gasteiger partial charge in [0.05, 0.1) is 6.42 Å². The van der Waals surface area contributed by atoms with Crippen LogP contribution < -0.4 is 11.1 Å². The van der Waals surface area contributed by atoms with Crippen LogP contribution in [0.15, 0.2) is 5.16 Å². The monoisotopic (exact) mass is 214 g/mol. The largest absolute Gasteiger partial charge is 0.409 e. The molecule has 15 heavy (non-hydrogen) atoms. The minimum absolute atomic E-state index is 0.0610. The van der Waals surface area contributed by atoms with Crippen LogP contribution in [-0.2, 0) is 9.59 Å². The quantitative estimate of drug-likeness (QED) is 0.224. The zero-order valence-electron chi connectivity index (χ0n) is 8.27. The molecule has 84 valence electrons. The number of amidine groups is 1. The molecule has 2 amide bonds. The lowest BCUT2D eigenvalue weighted by Gasteiger charge is -2.18. The highest BCUT2D eigenvalue weighted by atomic mass is 16.4. The predicted molar refractivity (Wildman–Crippen MR) is 52.2 cm³/mol. The Balaban J connectivity index is 2.48. The highest BCUT2D eigenvalue weighted by molar-refractivity contribution is 5.98. The van der Waals surface area contributed by atoms with E-state index in [0.717, 1.165) is 0 Å². The van der Waals surface area contributed by atoms with E-state index in [9.17, 15) is 9.59 Å². The molecule has 0 aromatic carbocycles. The van der Waals surface area contributed by atoms with Crippen molar-refractivity contribution in [2.75, 3.05) is 19.6 Å². The standard InChI is InChI=1S/C8H14N4O3/c9-6(11-15)5-8(14)12-3-1-7(13)10-2-4-12/h15H,1-5H2,(H2,9,11)(H,10,13). The third kappa shape index (κ3) is 3.45. The van der Waals surface area contributed by atoms with E-state index in [-0.39, 0.29) is 24.1 Å². The van der Waals surface area contributed by atoms with E-state index in [1.54, 1.807) is 0 Å². The lowest BCUT2D eigenvalue weighted by Crippen LogP contribution is -2.36. The summed E-state index contributed by atoms with van der Waals surface area (Å²) in [6.45, 7) is 1.29. The molecule has 1 aliphatic rings. The van der Waals surface area contributed by atoms with Crippen molar-refractivity contribution in [3.8, 4) is 0 Å². The summed E-state index contributed by atoms with van der Waals surface area (Å²) in [5, 5.41) is 13.7. The maximum absolute atomic E-state index is 11.5. The number of rotatable bonds is 2. The van der Waals surface area contributed by atoms with Gasteiger partial charge in [0.15, 0.2) is 0 Å². The van der Waals surface area contributed by atoms with Gasteiger partial charge in [-0.15, -0.1) is 0 Å². The smallest absolute Gasteiger partial charge is 0.230 e. The van der Waals surface area contributed by atoms with Crippen LogP contribution in [0.1, 0.15) is 12.8 Å². The van der Waals surface area contributed by atoms with Crippen molar-refractivity contribution in [2.24, 2.45) is 10.9 Å². The number of oxime groups is 1. The molecule has 0 spiro atoms. The predicted octanol–water partition coefficient (Wildman–Crippen LogP) is -1.53. The summed E-state index contributed by atoms with van der Waals surface area (Å²) in [6.07, 6.45) is 0.173. The summed E-state index contributed by atoms with van der Waals surface area (Å²) < 4.78 is 0. The second-order valence-corrected chi connectivity index (χ2v) is 3.25. The van der Waals surface area contributed by atoms with Crippen molar-refractivity contribution >= 4 is 17.6 Å². The molecule has 0 saturated carbocycles. The van der Waals surface area contributed by atoms with E-state index < -0.39 is 0 Å². The lowest BCUT2D eigenvalue weighted by atomic mass is 10.3. The second-order valence-electron chi connectivity index (χ2n) is 3.25. The summed E-state index contributed by atoms with van der Waals surface area (Å²) in [7, 11) is 0. The van der Waals surface area contributed by atoms with Gasteiger partial charge < -0.3 is 21.2 Å². The van der Waals surface area contributed by atoms with Crippen LogP contribution in [0.2, 0.25) is 0 Å². The van der Waals surface area contributed by atoms with Crippen LogP contribution in [-0.4, -0.2) is 47.4 Å². The van der Waals surface area contributed by atoms with Gasteiger partial charge in [-0.3, -0.25) is 9.59 Å². The Labute approximate surface area is 86.9 Å². The normalized spacial score (nSPS) is 18.3. The van der Waals surface area contributed by atoms with Crippen molar-refractivity contribution in [1.29, 1.82) is 0 Å². The molecular formula is C8H14N4O3. The third-order valence-electron chi connectivity index (χ3n) is 2.13. The van der Waals surface area contributed by atoms with Crippen molar-refractivity contribution in [2.45, 2.75) is 12.8 Å². The van der Waals surface area contributed by atoms with E-state index in [1.807, 2.05) is 0 Å². The number of carbonyl (C=O) groups excluding carboxylic acids is 2. The number of nitrogens with zero attached hydrogens (tertiary/aromatic N) is 2. The van der Waals surface area contributed by atoms with Crippen molar-refractivity contribution < 1.29 is 14.8 Å². The molecule has 1 rings (SSSR count). The van der Waals surface area contributed by atoms with E-state index in [1.165, 1.54) is 4.90 Å². The Morgan fingerprint density at radius 2 is 2.33 bits per heavy atom. The maximum atomic E-state index is 11.5. The Morgan fingerprint density at radius 1 is 1.60 bits per heavy atom. The van der Waals surface area contributed by atoms with E-state index in [0.29, 0.717) is 26.1 Å². The number of carbonyl (C=O) groups is 2. The molecule has 7 heteroatoms. The van der Waals surface area contributed by atoms with Crippen LogP contribution in [0.3, 0.4) is 0 Å². The van der Waals surface area contributed by atoms with Gasteiger partial charge in [-0.05, 0) is 0 Å². The molecule has 1 heterocycles. The van der Waals surface area contributed by atoms with E-state index in [4.69, 9.17) is 10.9 Å². The summed E-state index contributed by atoms with van der Waals surface area (Å²) >= 11 is 0. The number of nitrogens with two attached hydrogens (primary N) is 1. The average Bonchev–Trinajstić information content (AvgIpc) is 2.42. The maximum Gasteiger partial charge on any atom is 0.230 e. The topological polar surface area (TPSA) is 108 Å². The van der Waals surface area contributed by atoms with Gasteiger partial charge in [0.1, 0.15) is 5.84 Å². The molecular weight excluding hydrogens is 200 g/mol. The molecule has 1 saturated heterocycles. The highest BCUT2D eigenvalue weighted by Gasteiger charge is 2.18. The van der Waals surface area contributed by atoms with Gasteiger partial charge in [-0.2, -0.15) is 0 Å². The Morgan fingerprint density at radius 3 is 3.00 bits per heavy atom. The van der Waals surface area contributed by atoms with Gasteiger partial charge in [0, 0.05) is 26.1 Å². The van der Waals surface area contributed by atoms with E-state index >= 15 is 0 Å². The van der Waals surface area contributed by atoms with Gasteiger partial charge in [-0.25, -0.2) is 0 Å². The molecule has 0 aromatic heterocycles. The van der Waals surface area contributed by atoms with Crippen LogP contribution >= 0.6 is 0 Å². The molecule has 4 N–H and O–H groups in total. The van der Waals surface area contributed by atoms with Crippen molar-refractivity contribution in [1.82, 2.24) is 10.2 Å². The lowest BCUT2D eigenvalue weighted by molar-refractivity contribution is -0.129. The molecule has 0 radical (unpaired) electrons. The zero-order chi connectivity index (χ0) is 11.3. The second kappa shape index (κ2) is 5.18. The van der Waals surface area contributed by atoms with E-state index in [2.05, 4.69) is 10.5 Å². The Kier molecular flexibility index (Phi) is 3.90. The molecule has 0 unspecified atom stereocenters. The third-order valence-corrected chi connectivity index (χ3v) is 2.13. The van der Waals surface area contributed by atoms with Crippen molar-refractivity contribution in [3.05, 3.63) is 0 Å². The average molecular weight is 214 g/mol. The van der Waals surface area contributed by atoms with Gasteiger partial charge in [0.2, 0.25) is 11.8 Å². The summed E-state index contributed by atoms with van der Waals surface area (Å²) in [5.74, 6) is -0.417. The molecule has 7 nitrogen and oxygen atoms in total. The molecule has 0 atom stereocenters. The number of amides is 2. The molecule has 1 aliphatic heterocycles. The summed E-state index contributed by atoms with van der Waals surface area (Å²) in [5.41, 5.74) is 5.22. The first-order valence-electron chi connectivity index (χ1n) is 4.64. The van der Waals surface area contributed by atoms with Gasteiger partial charge in [-0.1, -0.05) is 5.16 Å². The summed E-state index contributed by atoms with van der Waals surface area (Å²) in [4.78, 5) is 24.1. The Hall–Kier alpha value is -1.79. The van der Waals surface area contributed by atoms with Gasteiger partial charge in [0.25, 0.3) is 0 Å². The SMILES string of the molecule is NC(CC(=O)N1CCNC(=O)CC1)=NO. The first kappa shape index (κ1) is 11.3. The number of nitrogens with one attached hydrogen (secondary N) is 1. The minimum atomic E-state index is -0.234. The molecule has 1 fully saturated rings. The fourth-order valence-corrected chi connectivity index (χ4v) is 1.32. The fourth-order valence-electron chi connectivity index (χ4n) is 1.32. The number of hydrogen-bond donors (Lipinski definition) is 3. The number of hydrogen-bond acceptors (Lipinski definition) is 4. The molecule has 0 aromatic rings. The fraction of sp³-hybridized carbons (Fsp3) is 0.625. The Bertz CT molecular complexity index is 290. The van der Waals surface area contributed by atoms with Crippen LogP contribution in [0, 0.1) is 0 Å². The van der Waals surface area contributed by atoms with Crippen LogP contribution in [0.5, 0.6) is 0 Å². The highest BCUT2D eigenvalue weighted by Crippen LogP contribution is 1.99. The molecule has 0 aliphatic carbocycles. The van der Waals surface area contributed by atoms with Crippen molar-refractivity contribution in [3.63, 3.8) is 0 Å². The first-order valence-corrected chi connectivity index (χ1v) is 4.64.